The van der Waals surface area contributed by atoms with E-state index in [1.54, 1.807) is 0 Å². The fraction of sp³-hybridized carbons (Fsp3) is 1.00. The average Bonchev–Trinajstić information content (AvgIpc) is 1.89. The molecule has 1 unspecified atom stereocenters. The summed E-state index contributed by atoms with van der Waals surface area (Å²) >= 11 is 3.72. The van der Waals surface area contributed by atoms with Crippen LogP contribution in [0.25, 0.3) is 0 Å². The van der Waals surface area contributed by atoms with Gasteiger partial charge in [0.05, 0.1) is 0 Å². The Bertz CT molecular complexity index is 66.6. The van der Waals surface area contributed by atoms with E-state index in [1.807, 2.05) is 0 Å². The molecule has 0 nitrogen and oxygen atoms in total. The first-order valence-electron chi connectivity index (χ1n) is 4.52. The first-order chi connectivity index (χ1) is 4.81. The van der Waals surface area contributed by atoms with Gasteiger partial charge in [0.1, 0.15) is 5.25 Å². The molecule has 0 spiro atoms. The number of hydrogen-bond donors (Lipinski definition) is 0. The molecule has 2 heteroatoms. The van der Waals surface area contributed by atoms with E-state index < -0.39 is 0 Å². The van der Waals surface area contributed by atoms with E-state index in [0.717, 1.165) is 5.25 Å². The summed E-state index contributed by atoms with van der Waals surface area (Å²) in [6, 6.07) is 0. The van der Waals surface area contributed by atoms with E-state index in [-0.39, 0.29) is 12.4 Å². The van der Waals surface area contributed by atoms with Crippen LogP contribution in [-0.4, -0.2) is 5.25 Å². The lowest BCUT2D eigenvalue weighted by Gasteiger charge is -2.01. The van der Waals surface area contributed by atoms with Crippen LogP contribution >= 0.6 is 0 Å². The molecular formula is C9H21ClS. The Hall–Kier alpha value is 0.640. The van der Waals surface area contributed by atoms with Crippen LogP contribution in [0, 0.1) is 0 Å². The van der Waals surface area contributed by atoms with Gasteiger partial charge in [-0.15, -0.1) is 0 Å². The van der Waals surface area contributed by atoms with E-state index in [2.05, 4.69) is 26.5 Å². The van der Waals surface area contributed by atoms with Gasteiger partial charge in [-0.25, -0.2) is 0 Å². The van der Waals surface area contributed by atoms with Gasteiger partial charge in [-0.2, -0.15) is 0 Å². The molecule has 0 aromatic carbocycles. The molecule has 0 saturated heterocycles. The highest BCUT2D eigenvalue weighted by atomic mass is 35.5. The number of hydrogen-bond acceptors (Lipinski definition) is 0. The van der Waals surface area contributed by atoms with Gasteiger partial charge >= 0.3 is 0 Å². The maximum absolute atomic E-state index is 3.72. The smallest absolute Gasteiger partial charge is 0.113 e. The highest BCUT2D eigenvalue weighted by molar-refractivity contribution is 7.59. The zero-order valence-electron chi connectivity index (χ0n) is 7.70. The van der Waals surface area contributed by atoms with Crippen molar-refractivity contribution in [3.63, 3.8) is 0 Å². The van der Waals surface area contributed by atoms with E-state index in [9.17, 15) is 0 Å². The lowest BCUT2D eigenvalue weighted by Crippen LogP contribution is -3.00. The first-order valence-corrected chi connectivity index (χ1v) is 5.10. The second-order valence-electron chi connectivity index (χ2n) is 2.98. The molecule has 0 fully saturated rings. The minimum atomic E-state index is 0. The highest BCUT2D eigenvalue weighted by Gasteiger charge is 2.05. The van der Waals surface area contributed by atoms with E-state index >= 15 is 0 Å². The predicted octanol–water partition coefficient (Wildman–Crippen LogP) is -0.249. The maximum Gasteiger partial charge on any atom is 0.113 e. The van der Waals surface area contributed by atoms with Gasteiger partial charge in [-0.1, -0.05) is 33.1 Å². The van der Waals surface area contributed by atoms with E-state index in [1.165, 1.54) is 38.5 Å². The second kappa shape index (κ2) is 10.6. The molecule has 0 amide bonds. The average molecular weight is 197 g/mol. The lowest BCUT2D eigenvalue weighted by atomic mass is 10.1. The summed E-state index contributed by atoms with van der Waals surface area (Å²) in [7, 11) is 0. The monoisotopic (exact) mass is 196 g/mol. The lowest BCUT2D eigenvalue weighted by molar-refractivity contribution is -0.00000223. The standard InChI is InChI=1S/C9H20S.ClH/c1-3-5-6-8-9(10)7-4-2;/h9-10H,3-8H2,1-2H3;1H. The zero-order valence-corrected chi connectivity index (χ0v) is 9.45. The summed E-state index contributed by atoms with van der Waals surface area (Å²) in [5, 5.41) is 0.775. The molecule has 0 aromatic heterocycles. The summed E-state index contributed by atoms with van der Waals surface area (Å²) in [6.45, 7) is 4.50. The topological polar surface area (TPSA) is 0 Å². The van der Waals surface area contributed by atoms with Crippen molar-refractivity contribution < 1.29 is 12.4 Å². The third kappa shape index (κ3) is 10.6. The second-order valence-corrected chi connectivity index (χ2v) is 3.80. The molecule has 1 atom stereocenters. The normalized spacial score (nSPS) is 12.3. The van der Waals surface area contributed by atoms with Crippen LogP contribution in [0.15, 0.2) is 0 Å². The predicted molar refractivity (Wildman–Crippen MR) is 53.0 cm³/mol. The Morgan fingerprint density at radius 3 is 2.09 bits per heavy atom. The van der Waals surface area contributed by atoms with Gasteiger partial charge in [0.25, 0.3) is 0 Å². The molecule has 0 bridgehead atoms. The molecule has 0 rings (SSSR count). The van der Waals surface area contributed by atoms with Crippen LogP contribution in [-0.2, 0) is 12.6 Å². The largest absolute Gasteiger partial charge is 1.00 e. The third-order valence-electron chi connectivity index (χ3n) is 1.79. The fourth-order valence-corrected chi connectivity index (χ4v) is 1.63. The van der Waals surface area contributed by atoms with Gasteiger partial charge in [-0.3, -0.25) is 0 Å². The molecule has 0 heterocycles. The Kier molecular flexibility index (Phi) is 13.7. The number of rotatable bonds is 6. The van der Waals surface area contributed by atoms with Crippen molar-refractivity contribution in [3.8, 4) is 0 Å². The number of halogens is 1. The zero-order chi connectivity index (χ0) is 7.82. The number of unbranched alkanes of at least 4 members (excludes halogenated alkanes) is 2. The van der Waals surface area contributed by atoms with Crippen molar-refractivity contribution >= 4 is 12.6 Å². The molecule has 0 aliphatic heterocycles. The van der Waals surface area contributed by atoms with Gasteiger partial charge in [-0.05, 0) is 31.9 Å². The SMILES string of the molecule is CCCCCC([SH2+])CCC.[Cl-]. The Balaban J connectivity index is 0. The Morgan fingerprint density at radius 1 is 1.00 bits per heavy atom. The first kappa shape index (κ1) is 14.2. The summed E-state index contributed by atoms with van der Waals surface area (Å²) < 4.78 is 0. The van der Waals surface area contributed by atoms with E-state index in [0.29, 0.717) is 0 Å². The van der Waals surface area contributed by atoms with Gasteiger partial charge in [0.2, 0.25) is 0 Å². The third-order valence-corrected chi connectivity index (χ3v) is 2.37. The van der Waals surface area contributed by atoms with Crippen LogP contribution in [0.4, 0.5) is 0 Å². The molecule has 11 heavy (non-hydrogen) atoms. The van der Waals surface area contributed by atoms with Crippen LogP contribution in [0.5, 0.6) is 0 Å². The summed E-state index contributed by atoms with van der Waals surface area (Å²) in [6.07, 6.45) is 8.12. The van der Waals surface area contributed by atoms with Crippen molar-refractivity contribution in [2.24, 2.45) is 0 Å². The summed E-state index contributed by atoms with van der Waals surface area (Å²) in [5.41, 5.74) is 0. The summed E-state index contributed by atoms with van der Waals surface area (Å²) in [5.74, 6) is 0. The van der Waals surface area contributed by atoms with Crippen molar-refractivity contribution in [1.82, 2.24) is 0 Å². The van der Waals surface area contributed by atoms with Crippen LogP contribution in [0.3, 0.4) is 0 Å². The van der Waals surface area contributed by atoms with Gasteiger partial charge in [0.15, 0.2) is 0 Å². The molecular weight excluding hydrogens is 176 g/mol. The molecule has 0 N–H and O–H groups in total. The van der Waals surface area contributed by atoms with Crippen molar-refractivity contribution in [3.05, 3.63) is 0 Å². The molecule has 0 aliphatic carbocycles. The van der Waals surface area contributed by atoms with Crippen LogP contribution in [0.1, 0.15) is 52.4 Å². The van der Waals surface area contributed by atoms with Crippen LogP contribution in [0.2, 0.25) is 0 Å². The van der Waals surface area contributed by atoms with Gasteiger partial charge in [0, 0.05) is 0 Å². The maximum atomic E-state index is 3.72. The van der Waals surface area contributed by atoms with Crippen molar-refractivity contribution in [1.29, 1.82) is 0 Å². The van der Waals surface area contributed by atoms with Crippen LogP contribution < -0.4 is 12.4 Å². The summed E-state index contributed by atoms with van der Waals surface area (Å²) in [4.78, 5) is 0. The molecule has 0 saturated carbocycles. The van der Waals surface area contributed by atoms with Crippen molar-refractivity contribution in [2.75, 3.05) is 0 Å². The molecule has 70 valence electrons. The molecule has 0 aliphatic rings. The Labute approximate surface area is 83.0 Å². The minimum Gasteiger partial charge on any atom is -1.00 e. The van der Waals surface area contributed by atoms with E-state index in [4.69, 9.17) is 0 Å². The fourth-order valence-electron chi connectivity index (χ4n) is 1.13. The molecule has 0 aromatic rings. The molecule has 0 radical (unpaired) electrons. The van der Waals surface area contributed by atoms with Gasteiger partial charge < -0.3 is 12.4 Å². The van der Waals surface area contributed by atoms with Crippen molar-refractivity contribution in [2.45, 2.75) is 57.6 Å². The quantitative estimate of drug-likeness (QED) is 0.406. The highest BCUT2D eigenvalue weighted by Crippen LogP contribution is 2.08. The minimum absolute atomic E-state index is 0. The Morgan fingerprint density at radius 2 is 1.64 bits per heavy atom.